The molecule has 0 aliphatic carbocycles. The van der Waals surface area contributed by atoms with Gasteiger partial charge in [0.25, 0.3) is 0 Å². The molecule has 0 aliphatic heterocycles. The standard InChI is InChI=1S/C11H16BrNOS2/c1-2-15-6-3-7-16(14)11-5-4-9(13)8-10(11)12/h4-5,8H,2-3,6-7,13H2,1H3. The Balaban J connectivity index is 2.53. The lowest BCUT2D eigenvalue weighted by Gasteiger charge is -2.05. The predicted molar refractivity (Wildman–Crippen MR) is 77.4 cm³/mol. The smallest absolute Gasteiger partial charge is 0.0541 e. The highest BCUT2D eigenvalue weighted by atomic mass is 79.9. The van der Waals surface area contributed by atoms with Crippen LogP contribution in [0, 0.1) is 0 Å². The quantitative estimate of drug-likeness (QED) is 0.646. The Bertz CT molecular complexity index is 371. The third-order valence-corrected chi connectivity index (χ3v) is 5.43. The van der Waals surface area contributed by atoms with Crippen LogP contribution in [-0.4, -0.2) is 21.5 Å². The first-order chi connectivity index (χ1) is 7.65. The molecule has 0 amide bonds. The second-order valence-corrected chi connectivity index (χ2v) is 7.08. The number of hydrogen-bond donors (Lipinski definition) is 1. The van der Waals surface area contributed by atoms with E-state index in [1.54, 1.807) is 12.1 Å². The van der Waals surface area contributed by atoms with E-state index in [0.717, 1.165) is 33.0 Å². The Labute approximate surface area is 112 Å². The van der Waals surface area contributed by atoms with Crippen molar-refractivity contribution < 1.29 is 4.21 Å². The number of hydrogen-bond acceptors (Lipinski definition) is 3. The molecular formula is C11H16BrNOS2. The molecule has 0 aliphatic rings. The Morgan fingerprint density at radius 1 is 1.50 bits per heavy atom. The summed E-state index contributed by atoms with van der Waals surface area (Å²) in [6.45, 7) is 2.14. The number of anilines is 1. The van der Waals surface area contributed by atoms with Crippen molar-refractivity contribution >= 4 is 44.2 Å². The predicted octanol–water partition coefficient (Wildman–Crippen LogP) is 3.28. The molecule has 0 fully saturated rings. The van der Waals surface area contributed by atoms with Crippen LogP contribution in [0.25, 0.3) is 0 Å². The van der Waals surface area contributed by atoms with E-state index in [9.17, 15) is 4.21 Å². The number of benzene rings is 1. The molecule has 0 saturated carbocycles. The third-order valence-electron chi connectivity index (χ3n) is 2.02. The van der Waals surface area contributed by atoms with Crippen LogP contribution in [-0.2, 0) is 10.8 Å². The van der Waals surface area contributed by atoms with Gasteiger partial charge in [-0.3, -0.25) is 4.21 Å². The topological polar surface area (TPSA) is 43.1 Å². The van der Waals surface area contributed by atoms with E-state index >= 15 is 0 Å². The molecule has 0 bridgehead atoms. The monoisotopic (exact) mass is 321 g/mol. The largest absolute Gasteiger partial charge is 0.399 e. The molecule has 5 heteroatoms. The molecule has 2 nitrogen and oxygen atoms in total. The highest BCUT2D eigenvalue weighted by Gasteiger charge is 2.08. The Hall–Kier alpha value is -0.000000000000000111. The van der Waals surface area contributed by atoms with Gasteiger partial charge >= 0.3 is 0 Å². The molecule has 0 heterocycles. The third kappa shape index (κ3) is 4.47. The molecule has 1 atom stereocenters. The fourth-order valence-electron chi connectivity index (χ4n) is 1.25. The average Bonchev–Trinajstić information content (AvgIpc) is 2.24. The summed E-state index contributed by atoms with van der Waals surface area (Å²) in [6.07, 6.45) is 0.988. The lowest BCUT2D eigenvalue weighted by atomic mass is 10.3. The van der Waals surface area contributed by atoms with Crippen molar-refractivity contribution in [3.05, 3.63) is 22.7 Å². The van der Waals surface area contributed by atoms with Gasteiger partial charge in [-0.2, -0.15) is 11.8 Å². The van der Waals surface area contributed by atoms with Crippen LogP contribution in [0.2, 0.25) is 0 Å². The van der Waals surface area contributed by atoms with Crippen LogP contribution in [0.5, 0.6) is 0 Å². The van der Waals surface area contributed by atoms with Gasteiger partial charge in [0.1, 0.15) is 0 Å². The summed E-state index contributed by atoms with van der Waals surface area (Å²) in [5, 5.41) is 0. The first-order valence-corrected chi connectivity index (χ1v) is 8.43. The van der Waals surface area contributed by atoms with Gasteiger partial charge in [0.2, 0.25) is 0 Å². The molecule has 1 aromatic rings. The van der Waals surface area contributed by atoms with Crippen molar-refractivity contribution in [2.75, 3.05) is 23.0 Å². The van der Waals surface area contributed by atoms with Gasteiger partial charge in [-0.05, 0) is 52.1 Å². The van der Waals surface area contributed by atoms with Gasteiger partial charge in [0.15, 0.2) is 0 Å². The van der Waals surface area contributed by atoms with Crippen LogP contribution in [0.1, 0.15) is 13.3 Å². The lowest BCUT2D eigenvalue weighted by molar-refractivity contribution is 0.681. The van der Waals surface area contributed by atoms with E-state index < -0.39 is 10.8 Å². The van der Waals surface area contributed by atoms with E-state index in [0.29, 0.717) is 5.69 Å². The number of nitrogens with two attached hydrogens (primary N) is 1. The molecule has 2 N–H and O–H groups in total. The van der Waals surface area contributed by atoms with Gasteiger partial charge in [-0.1, -0.05) is 6.92 Å². The van der Waals surface area contributed by atoms with E-state index in [2.05, 4.69) is 22.9 Å². The summed E-state index contributed by atoms with van der Waals surface area (Å²) in [5.74, 6) is 2.92. The molecule has 0 radical (unpaired) electrons. The molecule has 0 spiro atoms. The first-order valence-electron chi connectivity index (χ1n) is 5.16. The maximum absolute atomic E-state index is 12.0. The summed E-state index contributed by atoms with van der Waals surface area (Å²) >= 11 is 5.28. The second-order valence-electron chi connectivity index (χ2n) is 3.29. The van der Waals surface area contributed by atoms with Crippen LogP contribution < -0.4 is 5.73 Å². The van der Waals surface area contributed by atoms with E-state index in [1.165, 1.54) is 0 Å². The summed E-state index contributed by atoms with van der Waals surface area (Å²) < 4.78 is 12.8. The van der Waals surface area contributed by atoms with Gasteiger partial charge in [-0.15, -0.1) is 0 Å². The first kappa shape index (κ1) is 14.1. The Kier molecular flexibility index (Phi) is 6.46. The second kappa shape index (κ2) is 7.35. The minimum atomic E-state index is -0.922. The maximum Gasteiger partial charge on any atom is 0.0541 e. The molecule has 1 aromatic carbocycles. The van der Waals surface area contributed by atoms with E-state index in [-0.39, 0.29) is 0 Å². The van der Waals surface area contributed by atoms with E-state index in [1.807, 2.05) is 17.8 Å². The Morgan fingerprint density at radius 2 is 2.25 bits per heavy atom. The highest BCUT2D eigenvalue weighted by molar-refractivity contribution is 9.10. The summed E-state index contributed by atoms with van der Waals surface area (Å²) in [4.78, 5) is 0.843. The summed E-state index contributed by atoms with van der Waals surface area (Å²) in [5.41, 5.74) is 6.32. The molecule has 1 unspecified atom stereocenters. The lowest BCUT2D eigenvalue weighted by Crippen LogP contribution is -2.01. The molecule has 16 heavy (non-hydrogen) atoms. The molecular weight excluding hydrogens is 306 g/mol. The summed E-state index contributed by atoms with van der Waals surface area (Å²) in [6, 6.07) is 5.43. The fraction of sp³-hybridized carbons (Fsp3) is 0.455. The zero-order chi connectivity index (χ0) is 12.0. The average molecular weight is 322 g/mol. The maximum atomic E-state index is 12.0. The number of halogens is 1. The van der Waals surface area contributed by atoms with Crippen molar-refractivity contribution in [1.29, 1.82) is 0 Å². The van der Waals surface area contributed by atoms with E-state index in [4.69, 9.17) is 5.73 Å². The minimum absolute atomic E-state index is 0.689. The van der Waals surface area contributed by atoms with Crippen LogP contribution >= 0.6 is 27.7 Å². The van der Waals surface area contributed by atoms with Crippen molar-refractivity contribution in [2.24, 2.45) is 0 Å². The Morgan fingerprint density at radius 3 is 2.88 bits per heavy atom. The van der Waals surface area contributed by atoms with Gasteiger partial charge < -0.3 is 5.73 Å². The zero-order valence-electron chi connectivity index (χ0n) is 9.24. The normalized spacial score (nSPS) is 12.6. The number of thioether (sulfide) groups is 1. The van der Waals surface area contributed by atoms with Gasteiger partial charge in [0.05, 0.1) is 15.7 Å². The van der Waals surface area contributed by atoms with Crippen molar-refractivity contribution in [2.45, 2.75) is 18.2 Å². The molecule has 90 valence electrons. The van der Waals surface area contributed by atoms with Gasteiger partial charge in [0, 0.05) is 15.9 Å². The zero-order valence-corrected chi connectivity index (χ0v) is 12.5. The molecule has 1 rings (SSSR count). The number of nitrogen functional groups attached to an aromatic ring is 1. The van der Waals surface area contributed by atoms with Crippen molar-refractivity contribution in [1.82, 2.24) is 0 Å². The fourth-order valence-corrected chi connectivity index (χ4v) is 4.13. The van der Waals surface area contributed by atoms with Gasteiger partial charge in [-0.25, -0.2) is 0 Å². The molecule has 0 aromatic heterocycles. The molecule has 0 saturated heterocycles. The highest BCUT2D eigenvalue weighted by Crippen LogP contribution is 2.23. The van der Waals surface area contributed by atoms with Crippen molar-refractivity contribution in [3.8, 4) is 0 Å². The minimum Gasteiger partial charge on any atom is -0.399 e. The van der Waals surface area contributed by atoms with Crippen LogP contribution in [0.4, 0.5) is 5.69 Å². The number of rotatable bonds is 6. The SMILES string of the molecule is CCSCCCS(=O)c1ccc(N)cc1Br. The van der Waals surface area contributed by atoms with Crippen LogP contribution in [0.15, 0.2) is 27.6 Å². The van der Waals surface area contributed by atoms with Crippen LogP contribution in [0.3, 0.4) is 0 Å². The van der Waals surface area contributed by atoms with Crippen molar-refractivity contribution in [3.63, 3.8) is 0 Å². The summed E-state index contributed by atoms with van der Waals surface area (Å²) in [7, 11) is -0.922.